The van der Waals surface area contributed by atoms with Crippen LogP contribution in [0, 0.1) is 0 Å². The fourth-order valence-corrected chi connectivity index (χ4v) is 2.91. The minimum atomic E-state index is -0.569. The Kier molecular flexibility index (Phi) is 5.96. The molecule has 0 radical (unpaired) electrons. The molecule has 0 saturated heterocycles. The van der Waals surface area contributed by atoms with Crippen molar-refractivity contribution in [2.45, 2.75) is 6.42 Å². The number of hydrogen-bond donors (Lipinski definition) is 0. The van der Waals surface area contributed by atoms with Crippen LogP contribution in [0.5, 0.6) is 0 Å². The van der Waals surface area contributed by atoms with Crippen LogP contribution in [0.2, 0.25) is 0 Å². The molecule has 132 valence electrons. The topological polar surface area (TPSA) is 59.0 Å². The molecule has 1 heterocycles. The van der Waals surface area contributed by atoms with Crippen LogP contribution in [-0.4, -0.2) is 35.7 Å². The first-order valence-electron chi connectivity index (χ1n) is 8.16. The summed E-state index contributed by atoms with van der Waals surface area (Å²) in [6, 6.07) is 17.2. The number of ether oxygens (including phenoxy) is 1. The van der Waals surface area contributed by atoms with Crippen LogP contribution in [0.25, 0.3) is 6.08 Å². The van der Waals surface area contributed by atoms with E-state index in [1.54, 1.807) is 6.08 Å². The molecule has 26 heavy (non-hydrogen) atoms. The molecule has 0 N–H and O–H groups in total. The molecular weight excluding hydrogens is 396 g/mol. The number of hydrogen-bond acceptors (Lipinski definition) is 4. The maximum absolute atomic E-state index is 12.2. The Morgan fingerprint density at radius 2 is 1.85 bits per heavy atom. The number of amides is 1. The third-order valence-corrected chi connectivity index (χ3v) is 4.56. The molecule has 0 saturated carbocycles. The summed E-state index contributed by atoms with van der Waals surface area (Å²) in [5.41, 5.74) is 2.71. The summed E-state index contributed by atoms with van der Waals surface area (Å²) in [5, 5.41) is 5.68. The van der Waals surface area contributed by atoms with Crippen molar-refractivity contribution in [1.82, 2.24) is 5.01 Å². The highest BCUT2D eigenvalue weighted by atomic mass is 79.9. The summed E-state index contributed by atoms with van der Waals surface area (Å²) in [6.07, 6.45) is 3.63. The number of esters is 1. The molecule has 1 amide bonds. The molecule has 0 aromatic heterocycles. The first kappa shape index (κ1) is 18.1. The SMILES string of the molecule is O=C(/C=C/c1ccccc1Br)OCC(=O)N1CCC(c2ccccc2)=N1. The predicted octanol–water partition coefficient (Wildman–Crippen LogP) is 3.64. The van der Waals surface area contributed by atoms with Crippen molar-refractivity contribution in [2.75, 3.05) is 13.2 Å². The molecule has 0 fully saturated rings. The lowest BCUT2D eigenvalue weighted by Crippen LogP contribution is -2.28. The van der Waals surface area contributed by atoms with Gasteiger partial charge in [0.05, 0.1) is 12.3 Å². The predicted molar refractivity (Wildman–Crippen MR) is 103 cm³/mol. The molecular formula is C20H17BrN2O3. The van der Waals surface area contributed by atoms with Crippen LogP contribution in [0.3, 0.4) is 0 Å². The Hall–Kier alpha value is -2.73. The van der Waals surface area contributed by atoms with E-state index in [2.05, 4.69) is 21.0 Å². The third kappa shape index (κ3) is 4.67. The van der Waals surface area contributed by atoms with Gasteiger partial charge < -0.3 is 4.74 Å². The summed E-state index contributed by atoms with van der Waals surface area (Å²) in [7, 11) is 0. The molecule has 0 unspecified atom stereocenters. The maximum atomic E-state index is 12.2. The van der Waals surface area contributed by atoms with Gasteiger partial charge in [-0.3, -0.25) is 4.79 Å². The van der Waals surface area contributed by atoms with Crippen molar-refractivity contribution < 1.29 is 14.3 Å². The molecule has 5 nitrogen and oxygen atoms in total. The Bertz CT molecular complexity index is 862. The van der Waals surface area contributed by atoms with Gasteiger partial charge in [-0.15, -0.1) is 0 Å². The van der Waals surface area contributed by atoms with E-state index in [1.807, 2.05) is 54.6 Å². The zero-order valence-corrected chi connectivity index (χ0v) is 15.6. The van der Waals surface area contributed by atoms with Gasteiger partial charge in [0.15, 0.2) is 6.61 Å². The van der Waals surface area contributed by atoms with Gasteiger partial charge in [0, 0.05) is 17.0 Å². The number of rotatable bonds is 5. The molecule has 2 aromatic carbocycles. The van der Waals surface area contributed by atoms with Crippen LogP contribution in [-0.2, 0) is 14.3 Å². The summed E-state index contributed by atoms with van der Waals surface area (Å²) in [5.74, 6) is -0.904. The molecule has 0 atom stereocenters. The second kappa shape index (κ2) is 8.58. The Balaban J connectivity index is 1.52. The number of carbonyl (C=O) groups is 2. The van der Waals surface area contributed by atoms with Crippen molar-refractivity contribution >= 4 is 39.6 Å². The van der Waals surface area contributed by atoms with Crippen molar-refractivity contribution in [3.05, 3.63) is 76.3 Å². The van der Waals surface area contributed by atoms with Gasteiger partial charge in [0.25, 0.3) is 5.91 Å². The van der Waals surface area contributed by atoms with Gasteiger partial charge in [-0.2, -0.15) is 5.10 Å². The molecule has 6 heteroatoms. The second-order valence-corrected chi connectivity index (χ2v) is 6.50. The zero-order chi connectivity index (χ0) is 18.4. The van der Waals surface area contributed by atoms with Gasteiger partial charge in [0.1, 0.15) is 0 Å². The molecule has 2 aromatic rings. The van der Waals surface area contributed by atoms with E-state index in [0.29, 0.717) is 13.0 Å². The third-order valence-electron chi connectivity index (χ3n) is 3.84. The average Bonchev–Trinajstić information content (AvgIpc) is 3.16. The normalized spacial score (nSPS) is 13.7. The molecule has 1 aliphatic heterocycles. The van der Waals surface area contributed by atoms with Gasteiger partial charge in [-0.25, -0.2) is 9.80 Å². The van der Waals surface area contributed by atoms with Crippen molar-refractivity contribution in [1.29, 1.82) is 0 Å². The monoisotopic (exact) mass is 412 g/mol. The Labute approximate surface area is 160 Å². The van der Waals surface area contributed by atoms with Crippen LogP contribution < -0.4 is 0 Å². The largest absolute Gasteiger partial charge is 0.452 e. The molecule has 3 rings (SSSR count). The fourth-order valence-electron chi connectivity index (χ4n) is 2.49. The average molecular weight is 413 g/mol. The van der Waals surface area contributed by atoms with Gasteiger partial charge >= 0.3 is 5.97 Å². The smallest absolute Gasteiger partial charge is 0.331 e. The van der Waals surface area contributed by atoms with Crippen LogP contribution >= 0.6 is 15.9 Å². The van der Waals surface area contributed by atoms with Gasteiger partial charge in [-0.05, 0) is 23.3 Å². The van der Waals surface area contributed by atoms with E-state index in [4.69, 9.17) is 4.74 Å². The Morgan fingerprint density at radius 3 is 2.62 bits per heavy atom. The van der Waals surface area contributed by atoms with Crippen molar-refractivity contribution in [3.63, 3.8) is 0 Å². The highest BCUT2D eigenvalue weighted by Crippen LogP contribution is 2.17. The molecule has 0 aliphatic carbocycles. The summed E-state index contributed by atoms with van der Waals surface area (Å²) in [6.45, 7) is 0.165. The second-order valence-electron chi connectivity index (χ2n) is 5.64. The van der Waals surface area contributed by atoms with Crippen LogP contribution in [0.4, 0.5) is 0 Å². The first-order chi connectivity index (χ1) is 12.6. The summed E-state index contributed by atoms with van der Waals surface area (Å²) < 4.78 is 5.89. The highest BCUT2D eigenvalue weighted by molar-refractivity contribution is 9.10. The molecule has 0 bridgehead atoms. The van der Waals surface area contributed by atoms with Crippen LogP contribution in [0.1, 0.15) is 17.5 Å². The number of nitrogens with zero attached hydrogens (tertiary/aromatic N) is 2. The summed E-state index contributed by atoms with van der Waals surface area (Å²) in [4.78, 5) is 24.0. The molecule has 1 aliphatic rings. The fraction of sp³-hybridized carbons (Fsp3) is 0.150. The lowest BCUT2D eigenvalue weighted by atomic mass is 10.1. The Morgan fingerprint density at radius 1 is 1.12 bits per heavy atom. The standard InChI is InChI=1S/C20H17BrN2O3/c21-17-9-5-4-6-15(17)10-11-20(25)26-14-19(24)23-13-12-18(22-23)16-7-2-1-3-8-16/h1-11H,12-14H2/b11-10+. The highest BCUT2D eigenvalue weighted by Gasteiger charge is 2.22. The van der Waals surface area contributed by atoms with E-state index in [-0.39, 0.29) is 12.5 Å². The number of hydrazone groups is 1. The van der Waals surface area contributed by atoms with E-state index in [0.717, 1.165) is 21.3 Å². The molecule has 0 spiro atoms. The van der Waals surface area contributed by atoms with E-state index in [1.165, 1.54) is 11.1 Å². The van der Waals surface area contributed by atoms with Gasteiger partial charge in [0.2, 0.25) is 0 Å². The lowest BCUT2D eigenvalue weighted by Gasteiger charge is -2.10. The quantitative estimate of drug-likeness (QED) is 0.556. The number of carbonyl (C=O) groups excluding carboxylic acids is 2. The maximum Gasteiger partial charge on any atom is 0.331 e. The number of halogens is 1. The van der Waals surface area contributed by atoms with Crippen LogP contribution in [0.15, 0.2) is 70.2 Å². The van der Waals surface area contributed by atoms with E-state index >= 15 is 0 Å². The minimum Gasteiger partial charge on any atom is -0.452 e. The first-order valence-corrected chi connectivity index (χ1v) is 8.95. The van der Waals surface area contributed by atoms with Crippen molar-refractivity contribution in [3.8, 4) is 0 Å². The van der Waals surface area contributed by atoms with Gasteiger partial charge in [-0.1, -0.05) is 64.5 Å². The lowest BCUT2D eigenvalue weighted by molar-refractivity contribution is -0.147. The summed E-state index contributed by atoms with van der Waals surface area (Å²) >= 11 is 3.40. The number of benzene rings is 2. The van der Waals surface area contributed by atoms with Crippen molar-refractivity contribution in [2.24, 2.45) is 5.10 Å². The van der Waals surface area contributed by atoms with E-state index in [9.17, 15) is 9.59 Å². The minimum absolute atomic E-state index is 0.329. The van der Waals surface area contributed by atoms with E-state index < -0.39 is 5.97 Å². The zero-order valence-electron chi connectivity index (χ0n) is 14.0.